The average Bonchev–Trinajstić information content (AvgIpc) is 3.00. The first kappa shape index (κ1) is 16.9. The number of benzene rings is 2. The van der Waals surface area contributed by atoms with Gasteiger partial charge in [-0.1, -0.05) is 30.3 Å². The Morgan fingerprint density at radius 1 is 1.16 bits per heavy atom. The van der Waals surface area contributed by atoms with Crippen molar-refractivity contribution in [2.75, 3.05) is 14.2 Å². The highest BCUT2D eigenvalue weighted by atomic mass is 32.1. The smallest absolute Gasteiger partial charge is 0.216 e. The van der Waals surface area contributed by atoms with Crippen LogP contribution in [0.25, 0.3) is 0 Å². The number of nitrogens with one attached hydrogen (secondary N) is 1. The molecule has 0 saturated carbocycles. The molecule has 1 N–H and O–H groups in total. The predicted molar refractivity (Wildman–Crippen MR) is 99.2 cm³/mol. The molecule has 0 saturated heterocycles. The Kier molecular flexibility index (Phi) is 5.25. The van der Waals surface area contributed by atoms with Crippen molar-refractivity contribution >= 4 is 18.4 Å². The molecule has 0 aliphatic carbocycles. The highest BCUT2D eigenvalue weighted by Gasteiger charge is 2.07. The molecule has 1 heterocycles. The van der Waals surface area contributed by atoms with Crippen molar-refractivity contribution in [3.05, 3.63) is 70.3 Å². The van der Waals surface area contributed by atoms with Crippen LogP contribution in [-0.2, 0) is 6.42 Å². The molecule has 0 aliphatic heterocycles. The molecule has 128 valence electrons. The van der Waals surface area contributed by atoms with E-state index in [0.29, 0.717) is 16.9 Å². The van der Waals surface area contributed by atoms with Crippen LogP contribution < -0.4 is 9.47 Å². The van der Waals surface area contributed by atoms with Gasteiger partial charge < -0.3 is 9.47 Å². The van der Waals surface area contributed by atoms with Crippen LogP contribution in [0.2, 0.25) is 0 Å². The second-order valence-corrected chi connectivity index (χ2v) is 5.66. The zero-order chi connectivity index (χ0) is 17.6. The molecule has 3 aromatic rings. The summed E-state index contributed by atoms with van der Waals surface area (Å²) in [4.78, 5) is 0. The maximum atomic E-state index is 5.37. The van der Waals surface area contributed by atoms with Crippen molar-refractivity contribution in [2.45, 2.75) is 6.42 Å². The van der Waals surface area contributed by atoms with Crippen LogP contribution in [0.5, 0.6) is 11.5 Å². The molecule has 1 aromatic heterocycles. The number of H-pyrrole nitrogens is 1. The third-order valence-corrected chi connectivity index (χ3v) is 3.94. The fraction of sp³-hybridized carbons (Fsp3) is 0.167. The fourth-order valence-corrected chi connectivity index (χ4v) is 2.59. The zero-order valence-electron chi connectivity index (χ0n) is 14.0. The lowest BCUT2D eigenvalue weighted by Crippen LogP contribution is -2.01. The topological polar surface area (TPSA) is 64.4 Å². The molecule has 7 heteroatoms. The Morgan fingerprint density at radius 3 is 2.68 bits per heavy atom. The van der Waals surface area contributed by atoms with E-state index in [9.17, 15) is 0 Å². The fourth-order valence-electron chi connectivity index (χ4n) is 2.40. The zero-order valence-corrected chi connectivity index (χ0v) is 14.8. The molecule has 0 radical (unpaired) electrons. The van der Waals surface area contributed by atoms with Crippen molar-refractivity contribution in [3.8, 4) is 11.5 Å². The molecule has 25 heavy (non-hydrogen) atoms. The van der Waals surface area contributed by atoms with E-state index in [2.05, 4.69) is 15.3 Å². The monoisotopic (exact) mass is 354 g/mol. The van der Waals surface area contributed by atoms with Crippen LogP contribution in [0.4, 0.5) is 0 Å². The van der Waals surface area contributed by atoms with Crippen LogP contribution in [0, 0.1) is 4.77 Å². The average molecular weight is 354 g/mol. The number of aromatic amines is 1. The normalized spacial score (nSPS) is 11.0. The molecule has 6 nitrogen and oxygen atoms in total. The van der Waals surface area contributed by atoms with Gasteiger partial charge in [0.2, 0.25) is 4.77 Å². The maximum Gasteiger partial charge on any atom is 0.216 e. The van der Waals surface area contributed by atoms with Crippen molar-refractivity contribution in [1.29, 1.82) is 0 Å². The number of hydrogen-bond donors (Lipinski definition) is 1. The summed E-state index contributed by atoms with van der Waals surface area (Å²) in [5.41, 5.74) is 1.92. The molecule has 0 spiro atoms. The van der Waals surface area contributed by atoms with E-state index in [1.54, 1.807) is 25.1 Å². The second-order valence-electron chi connectivity index (χ2n) is 5.27. The minimum absolute atomic E-state index is 0.434. The summed E-state index contributed by atoms with van der Waals surface area (Å²) in [7, 11) is 3.23. The first-order chi connectivity index (χ1) is 12.2. The van der Waals surface area contributed by atoms with E-state index in [0.717, 1.165) is 22.7 Å². The lowest BCUT2D eigenvalue weighted by atomic mass is 10.1. The number of ether oxygens (including phenoxy) is 2. The van der Waals surface area contributed by atoms with E-state index >= 15 is 0 Å². The molecule has 0 aliphatic rings. The summed E-state index contributed by atoms with van der Waals surface area (Å²) in [6, 6.07) is 15.6. The summed E-state index contributed by atoms with van der Waals surface area (Å²) in [6.07, 6.45) is 2.31. The van der Waals surface area contributed by atoms with Gasteiger partial charge in [0, 0.05) is 12.0 Å². The molecule has 3 rings (SSSR count). The molecular formula is C18H18N4O2S. The van der Waals surface area contributed by atoms with Crippen molar-refractivity contribution in [1.82, 2.24) is 14.9 Å². The number of rotatable bonds is 6. The second kappa shape index (κ2) is 7.76. The summed E-state index contributed by atoms with van der Waals surface area (Å²) in [6.45, 7) is 0. The predicted octanol–water partition coefficient (Wildman–Crippen LogP) is 3.43. The van der Waals surface area contributed by atoms with Crippen LogP contribution in [-0.4, -0.2) is 35.3 Å². The summed E-state index contributed by atoms with van der Waals surface area (Å²) < 4.78 is 12.7. The lowest BCUT2D eigenvalue weighted by molar-refractivity contribution is 0.402. The van der Waals surface area contributed by atoms with Gasteiger partial charge in [-0.2, -0.15) is 14.9 Å². The van der Waals surface area contributed by atoms with Gasteiger partial charge in [-0.05, 0) is 36.0 Å². The van der Waals surface area contributed by atoms with Gasteiger partial charge in [-0.15, -0.1) is 0 Å². The van der Waals surface area contributed by atoms with Crippen molar-refractivity contribution in [3.63, 3.8) is 0 Å². The van der Waals surface area contributed by atoms with Crippen LogP contribution in [0.15, 0.2) is 53.6 Å². The van der Waals surface area contributed by atoms with Crippen molar-refractivity contribution in [2.24, 2.45) is 5.10 Å². The maximum absolute atomic E-state index is 5.37. The highest BCUT2D eigenvalue weighted by Crippen LogP contribution is 2.22. The largest absolute Gasteiger partial charge is 0.497 e. The van der Waals surface area contributed by atoms with Gasteiger partial charge in [0.15, 0.2) is 5.82 Å². The quantitative estimate of drug-likeness (QED) is 0.544. The number of methoxy groups -OCH3 is 2. The minimum atomic E-state index is 0.434. The number of nitrogens with zero attached hydrogens (tertiary/aromatic N) is 3. The molecule has 2 aromatic carbocycles. The molecule has 0 bridgehead atoms. The van der Waals surface area contributed by atoms with Gasteiger partial charge in [0.05, 0.1) is 20.4 Å². The van der Waals surface area contributed by atoms with E-state index in [-0.39, 0.29) is 0 Å². The molecular weight excluding hydrogens is 336 g/mol. The summed E-state index contributed by atoms with van der Waals surface area (Å²) in [5.74, 6) is 2.15. The Balaban J connectivity index is 1.92. The van der Waals surface area contributed by atoms with Crippen LogP contribution in [0.3, 0.4) is 0 Å². The van der Waals surface area contributed by atoms with Gasteiger partial charge in [0.1, 0.15) is 11.5 Å². The molecule has 0 atom stereocenters. The first-order valence-corrected chi connectivity index (χ1v) is 8.08. The van der Waals surface area contributed by atoms with Gasteiger partial charge in [0.25, 0.3) is 0 Å². The number of aromatic nitrogens is 3. The molecule has 0 fully saturated rings. The molecule has 0 amide bonds. The minimum Gasteiger partial charge on any atom is -0.497 e. The van der Waals surface area contributed by atoms with E-state index < -0.39 is 0 Å². The van der Waals surface area contributed by atoms with Gasteiger partial charge in [-0.3, -0.25) is 5.10 Å². The van der Waals surface area contributed by atoms with E-state index in [1.807, 2.05) is 48.5 Å². The lowest BCUT2D eigenvalue weighted by Gasteiger charge is -2.07. The van der Waals surface area contributed by atoms with Gasteiger partial charge >= 0.3 is 0 Å². The Bertz CT molecular complexity index is 932. The molecule has 0 unspecified atom stereocenters. The SMILES string of the molecule is COc1ccc(OC)c(/C=N\n2c(Cc3ccccc3)n[nH]c2=S)c1. The van der Waals surface area contributed by atoms with E-state index in [4.69, 9.17) is 21.7 Å². The Labute approximate surface area is 150 Å². The van der Waals surface area contributed by atoms with E-state index in [1.165, 1.54) is 0 Å². The summed E-state index contributed by atoms with van der Waals surface area (Å²) in [5, 5.41) is 11.5. The third-order valence-electron chi connectivity index (χ3n) is 3.67. The Morgan fingerprint density at radius 2 is 1.96 bits per heavy atom. The van der Waals surface area contributed by atoms with Crippen LogP contribution in [0.1, 0.15) is 17.0 Å². The number of hydrogen-bond acceptors (Lipinski definition) is 5. The standard InChI is InChI=1S/C18H18N4O2S/c1-23-15-8-9-16(24-2)14(11-15)12-19-22-17(20-21-18(22)25)10-13-6-4-3-5-7-13/h3-9,11-12H,10H2,1-2H3,(H,21,25)/b19-12-. The first-order valence-electron chi connectivity index (χ1n) is 7.68. The Hall–Kier alpha value is -2.93. The van der Waals surface area contributed by atoms with Crippen molar-refractivity contribution < 1.29 is 9.47 Å². The summed E-state index contributed by atoms with van der Waals surface area (Å²) >= 11 is 5.29. The van der Waals surface area contributed by atoms with Crippen LogP contribution >= 0.6 is 12.2 Å². The third kappa shape index (κ3) is 3.95. The highest BCUT2D eigenvalue weighted by molar-refractivity contribution is 7.71. The van der Waals surface area contributed by atoms with Gasteiger partial charge in [-0.25, -0.2) is 0 Å².